The van der Waals surface area contributed by atoms with Crippen molar-refractivity contribution in [3.63, 3.8) is 0 Å². The van der Waals surface area contributed by atoms with E-state index in [-0.39, 0.29) is 6.41 Å². The highest BCUT2D eigenvalue weighted by atomic mass is 16.5. The van der Waals surface area contributed by atoms with Gasteiger partial charge in [-0.2, -0.15) is 0 Å². The number of aldehydes is 1. The smallest absolute Gasteiger partial charge is 0.204 e. The number of primary amides is 1. The van der Waals surface area contributed by atoms with Crippen LogP contribution in [0.2, 0.25) is 0 Å². The van der Waals surface area contributed by atoms with E-state index in [1.54, 1.807) is 0 Å². The lowest BCUT2D eigenvalue weighted by molar-refractivity contribution is -0.108. The predicted octanol–water partition coefficient (Wildman–Crippen LogP) is 1.93. The average Bonchev–Trinajstić information content (AvgIpc) is 2.36. The normalized spacial score (nSPS) is 8.71. The van der Waals surface area contributed by atoms with Crippen LogP contribution in [0.1, 0.15) is 25.7 Å². The number of ether oxygens (including phenoxy) is 1. The Morgan fingerprint density at radius 3 is 2.29 bits per heavy atom. The summed E-state index contributed by atoms with van der Waals surface area (Å²) in [4.78, 5) is 18.6. The molecule has 0 radical (unpaired) electrons. The third-order valence-corrected chi connectivity index (χ3v) is 1.98. The molecule has 0 aliphatic heterocycles. The number of nitrogens with two attached hydrogens (primary N) is 1. The van der Waals surface area contributed by atoms with Crippen molar-refractivity contribution in [3.8, 4) is 5.75 Å². The molecule has 0 saturated carbocycles. The fourth-order valence-corrected chi connectivity index (χ4v) is 1.21. The minimum Gasteiger partial charge on any atom is -0.494 e. The van der Waals surface area contributed by atoms with Crippen LogP contribution in [0.3, 0.4) is 0 Å². The van der Waals surface area contributed by atoms with Crippen LogP contribution < -0.4 is 10.5 Å². The maximum absolute atomic E-state index is 10.0. The third-order valence-electron chi connectivity index (χ3n) is 1.98. The summed E-state index contributed by atoms with van der Waals surface area (Å²) in [5, 5.41) is 0. The third kappa shape index (κ3) is 10.4. The molecule has 0 aromatic heterocycles. The number of carbonyl (C=O) groups is 2. The summed E-state index contributed by atoms with van der Waals surface area (Å²) in [6.45, 7) is 0.739. The van der Waals surface area contributed by atoms with Crippen molar-refractivity contribution in [1.82, 2.24) is 0 Å². The van der Waals surface area contributed by atoms with Gasteiger partial charge < -0.3 is 15.3 Å². The molecule has 4 nitrogen and oxygen atoms in total. The summed E-state index contributed by atoms with van der Waals surface area (Å²) in [6, 6.07) is 9.79. The average molecular weight is 237 g/mol. The Labute approximate surface area is 102 Å². The highest BCUT2D eigenvalue weighted by Crippen LogP contribution is 2.09. The molecule has 0 saturated heterocycles. The molecule has 17 heavy (non-hydrogen) atoms. The molecule has 1 aromatic rings. The molecule has 2 N–H and O–H groups in total. The van der Waals surface area contributed by atoms with Crippen LogP contribution in [0.4, 0.5) is 0 Å². The lowest BCUT2D eigenvalue weighted by atomic mass is 10.2. The minimum atomic E-state index is 0.250. The van der Waals surface area contributed by atoms with Gasteiger partial charge in [0.2, 0.25) is 6.41 Å². The number of unbranched alkanes of at least 4 members (excludes halogenated alkanes) is 3. The van der Waals surface area contributed by atoms with Gasteiger partial charge in [-0.1, -0.05) is 18.2 Å². The lowest BCUT2D eigenvalue weighted by Gasteiger charge is -2.04. The summed E-state index contributed by atoms with van der Waals surface area (Å²) >= 11 is 0. The summed E-state index contributed by atoms with van der Waals surface area (Å²) in [7, 11) is 0. The van der Waals surface area contributed by atoms with E-state index >= 15 is 0 Å². The van der Waals surface area contributed by atoms with Gasteiger partial charge >= 0.3 is 0 Å². The van der Waals surface area contributed by atoms with Crippen LogP contribution in [0, 0.1) is 0 Å². The van der Waals surface area contributed by atoms with Gasteiger partial charge in [0.15, 0.2) is 0 Å². The summed E-state index contributed by atoms with van der Waals surface area (Å²) in [6.07, 6.45) is 4.94. The van der Waals surface area contributed by atoms with E-state index < -0.39 is 0 Å². The molecule has 4 heteroatoms. The van der Waals surface area contributed by atoms with Crippen LogP contribution in [-0.2, 0) is 9.59 Å². The Bertz CT molecular complexity index is 288. The second-order valence-corrected chi connectivity index (χ2v) is 3.31. The van der Waals surface area contributed by atoms with Crippen molar-refractivity contribution in [1.29, 1.82) is 0 Å². The molecule has 1 rings (SSSR count). The zero-order chi connectivity index (χ0) is 12.8. The zero-order valence-corrected chi connectivity index (χ0v) is 9.88. The van der Waals surface area contributed by atoms with Crippen LogP contribution in [0.5, 0.6) is 5.75 Å². The van der Waals surface area contributed by atoms with Crippen LogP contribution >= 0.6 is 0 Å². The number of rotatable bonds is 7. The number of hydrogen-bond donors (Lipinski definition) is 1. The van der Waals surface area contributed by atoms with Crippen molar-refractivity contribution in [2.45, 2.75) is 25.7 Å². The van der Waals surface area contributed by atoms with Crippen molar-refractivity contribution < 1.29 is 14.3 Å². The number of para-hydroxylation sites is 1. The molecule has 1 aromatic carbocycles. The van der Waals surface area contributed by atoms with Gasteiger partial charge in [0.25, 0.3) is 0 Å². The standard InChI is InChI=1S/C12H16O2.CH3NO/c13-10-6-1-2-7-11-14-12-8-4-3-5-9-12;2-1-3/h3-5,8-10H,1-2,6-7,11H2;1H,(H2,2,3). The second kappa shape index (κ2) is 12.2. The first-order valence-electron chi connectivity index (χ1n) is 5.62. The topological polar surface area (TPSA) is 69.4 Å². The Kier molecular flexibility index (Phi) is 10.9. The van der Waals surface area contributed by atoms with Crippen molar-refractivity contribution in [3.05, 3.63) is 30.3 Å². The Morgan fingerprint density at radius 2 is 1.71 bits per heavy atom. The largest absolute Gasteiger partial charge is 0.494 e. The maximum Gasteiger partial charge on any atom is 0.204 e. The number of hydrogen-bond acceptors (Lipinski definition) is 3. The SMILES string of the molecule is NC=O.O=CCCCCCOc1ccccc1. The zero-order valence-electron chi connectivity index (χ0n) is 9.88. The molecular weight excluding hydrogens is 218 g/mol. The first kappa shape index (κ1) is 15.2. The molecule has 0 fully saturated rings. The molecule has 0 aliphatic carbocycles. The van der Waals surface area contributed by atoms with E-state index in [1.807, 2.05) is 30.3 Å². The van der Waals surface area contributed by atoms with E-state index in [4.69, 9.17) is 9.53 Å². The van der Waals surface area contributed by atoms with Crippen LogP contribution in [0.15, 0.2) is 30.3 Å². The number of carbonyl (C=O) groups excluding carboxylic acids is 2. The van der Waals surface area contributed by atoms with E-state index in [0.717, 1.165) is 37.9 Å². The number of benzene rings is 1. The van der Waals surface area contributed by atoms with E-state index in [0.29, 0.717) is 6.42 Å². The molecule has 0 spiro atoms. The molecule has 0 bridgehead atoms. The summed E-state index contributed by atoms with van der Waals surface area (Å²) in [5.74, 6) is 0.919. The van der Waals surface area contributed by atoms with Crippen LogP contribution in [0.25, 0.3) is 0 Å². The summed E-state index contributed by atoms with van der Waals surface area (Å²) < 4.78 is 5.50. The summed E-state index contributed by atoms with van der Waals surface area (Å²) in [5.41, 5.74) is 4.17. The van der Waals surface area contributed by atoms with Crippen molar-refractivity contribution >= 4 is 12.7 Å². The first-order chi connectivity index (χ1) is 8.35. The molecule has 0 aliphatic rings. The maximum atomic E-state index is 10.0. The monoisotopic (exact) mass is 237 g/mol. The van der Waals surface area contributed by atoms with Gasteiger partial charge in [-0.25, -0.2) is 0 Å². The highest BCUT2D eigenvalue weighted by molar-refractivity contribution is 5.48. The van der Waals surface area contributed by atoms with E-state index in [9.17, 15) is 4.79 Å². The fourth-order valence-electron chi connectivity index (χ4n) is 1.21. The van der Waals surface area contributed by atoms with E-state index in [1.165, 1.54) is 0 Å². The predicted molar refractivity (Wildman–Crippen MR) is 66.7 cm³/mol. The van der Waals surface area contributed by atoms with Gasteiger partial charge in [0.05, 0.1) is 6.61 Å². The quantitative estimate of drug-likeness (QED) is 0.582. The molecule has 94 valence electrons. The molecule has 0 heterocycles. The van der Waals surface area contributed by atoms with Gasteiger partial charge in [0.1, 0.15) is 12.0 Å². The highest BCUT2D eigenvalue weighted by Gasteiger charge is 1.91. The minimum absolute atomic E-state index is 0.250. The fraction of sp³-hybridized carbons (Fsp3) is 0.385. The lowest BCUT2D eigenvalue weighted by Crippen LogP contribution is -1.96. The Hall–Kier alpha value is -1.84. The van der Waals surface area contributed by atoms with E-state index in [2.05, 4.69) is 5.73 Å². The Balaban J connectivity index is 0.000000770. The van der Waals surface area contributed by atoms with Gasteiger partial charge in [-0.15, -0.1) is 0 Å². The van der Waals surface area contributed by atoms with Gasteiger partial charge in [-0.3, -0.25) is 4.79 Å². The molecule has 0 unspecified atom stereocenters. The van der Waals surface area contributed by atoms with Crippen LogP contribution in [-0.4, -0.2) is 19.3 Å². The molecular formula is C13H19NO3. The molecule has 0 atom stereocenters. The van der Waals surface area contributed by atoms with Gasteiger partial charge in [0, 0.05) is 6.42 Å². The first-order valence-corrected chi connectivity index (χ1v) is 5.62. The molecule has 1 amide bonds. The van der Waals surface area contributed by atoms with Gasteiger partial charge in [-0.05, 0) is 31.4 Å². The Morgan fingerprint density at radius 1 is 1.06 bits per heavy atom. The van der Waals surface area contributed by atoms with Crippen molar-refractivity contribution in [2.24, 2.45) is 5.73 Å². The second-order valence-electron chi connectivity index (χ2n) is 3.31. The number of amides is 1. The van der Waals surface area contributed by atoms with Crippen molar-refractivity contribution in [2.75, 3.05) is 6.61 Å².